The molecule has 128 valence electrons. The Morgan fingerprint density at radius 2 is 2.16 bits per heavy atom. The molecule has 6 nitrogen and oxygen atoms in total. The van der Waals surface area contributed by atoms with Crippen LogP contribution in [0.3, 0.4) is 0 Å². The van der Waals surface area contributed by atoms with Gasteiger partial charge in [0.15, 0.2) is 0 Å². The van der Waals surface area contributed by atoms with Crippen molar-refractivity contribution in [2.24, 2.45) is 0 Å². The van der Waals surface area contributed by atoms with Crippen molar-refractivity contribution in [3.63, 3.8) is 0 Å². The highest BCUT2D eigenvalue weighted by Gasteiger charge is 2.28. The number of aromatic nitrogens is 1. The Kier molecular flexibility index (Phi) is 4.85. The Morgan fingerprint density at radius 3 is 2.80 bits per heavy atom. The Bertz CT molecular complexity index is 798. The number of hydrogen-bond acceptors (Lipinski definition) is 5. The van der Waals surface area contributed by atoms with Crippen LogP contribution in [0.1, 0.15) is 22.8 Å². The molecule has 1 unspecified atom stereocenters. The Hall–Kier alpha value is -3.07. The van der Waals surface area contributed by atoms with E-state index >= 15 is 0 Å². The van der Waals surface area contributed by atoms with Crippen LogP contribution in [-0.4, -0.2) is 48.6 Å². The summed E-state index contributed by atoms with van der Waals surface area (Å²) in [5.74, 6) is 1.53. The first-order valence-electron chi connectivity index (χ1n) is 8.18. The minimum atomic E-state index is 0.0128. The average Bonchev–Trinajstić information content (AvgIpc) is 2.67. The Balaban J connectivity index is 1.70. The van der Waals surface area contributed by atoms with E-state index in [-0.39, 0.29) is 11.9 Å². The standard InChI is InChI=1S/C19H20N4O2/c1-14-13-22(18-7-6-15(11-20)12-21-18)8-9-23(14)19(24)16-4-3-5-17(10-16)25-2/h3-7,10,12,14H,8-9,13H2,1-2H3. The summed E-state index contributed by atoms with van der Waals surface area (Å²) in [5, 5.41) is 8.87. The molecular formula is C19H20N4O2. The van der Waals surface area contributed by atoms with E-state index in [1.807, 2.05) is 36.1 Å². The number of hydrogen-bond donors (Lipinski definition) is 0. The number of piperazine rings is 1. The number of nitriles is 1. The van der Waals surface area contributed by atoms with Crippen LogP contribution in [0.25, 0.3) is 0 Å². The van der Waals surface area contributed by atoms with Crippen LogP contribution < -0.4 is 9.64 Å². The predicted molar refractivity (Wildman–Crippen MR) is 94.7 cm³/mol. The summed E-state index contributed by atoms with van der Waals surface area (Å²) in [6, 6.07) is 13.0. The molecule has 6 heteroatoms. The fourth-order valence-corrected chi connectivity index (χ4v) is 3.03. The zero-order valence-corrected chi connectivity index (χ0v) is 14.3. The number of carbonyl (C=O) groups excluding carboxylic acids is 1. The highest BCUT2D eigenvalue weighted by atomic mass is 16.5. The summed E-state index contributed by atoms with van der Waals surface area (Å²) < 4.78 is 5.20. The van der Waals surface area contributed by atoms with Gasteiger partial charge in [0.2, 0.25) is 0 Å². The van der Waals surface area contributed by atoms with E-state index in [0.717, 1.165) is 5.82 Å². The zero-order chi connectivity index (χ0) is 17.8. The lowest BCUT2D eigenvalue weighted by Crippen LogP contribution is -2.54. The highest BCUT2D eigenvalue weighted by molar-refractivity contribution is 5.95. The first-order chi connectivity index (χ1) is 12.1. The molecule has 2 heterocycles. The predicted octanol–water partition coefficient (Wildman–Crippen LogP) is 2.31. The van der Waals surface area contributed by atoms with Gasteiger partial charge in [-0.1, -0.05) is 6.07 Å². The van der Waals surface area contributed by atoms with Crippen LogP contribution in [-0.2, 0) is 0 Å². The van der Waals surface area contributed by atoms with Gasteiger partial charge in [-0.25, -0.2) is 4.98 Å². The maximum Gasteiger partial charge on any atom is 0.254 e. The largest absolute Gasteiger partial charge is 0.497 e. The molecule has 0 bridgehead atoms. The average molecular weight is 336 g/mol. The fraction of sp³-hybridized carbons (Fsp3) is 0.316. The number of benzene rings is 1. The van der Waals surface area contributed by atoms with Gasteiger partial charge in [0.1, 0.15) is 17.6 Å². The van der Waals surface area contributed by atoms with Crippen LogP contribution in [0.2, 0.25) is 0 Å². The number of anilines is 1. The third-order valence-electron chi connectivity index (χ3n) is 4.41. The third-order valence-corrected chi connectivity index (χ3v) is 4.41. The molecule has 1 aromatic heterocycles. The van der Waals surface area contributed by atoms with Gasteiger partial charge in [0.25, 0.3) is 5.91 Å². The van der Waals surface area contributed by atoms with Crippen LogP contribution in [0, 0.1) is 11.3 Å². The lowest BCUT2D eigenvalue weighted by atomic mass is 10.1. The topological polar surface area (TPSA) is 69.5 Å². The number of rotatable bonds is 3. The molecule has 1 atom stereocenters. The zero-order valence-electron chi connectivity index (χ0n) is 14.3. The summed E-state index contributed by atoms with van der Waals surface area (Å²) in [6.07, 6.45) is 1.58. The third kappa shape index (κ3) is 3.56. The van der Waals surface area contributed by atoms with Crippen molar-refractivity contribution in [2.75, 3.05) is 31.6 Å². The molecule has 1 aliphatic rings. The SMILES string of the molecule is COc1cccc(C(=O)N2CCN(c3ccc(C#N)cn3)CC2C)c1. The normalized spacial score (nSPS) is 17.1. The van der Waals surface area contributed by atoms with Crippen molar-refractivity contribution in [2.45, 2.75) is 13.0 Å². The summed E-state index contributed by atoms with van der Waals surface area (Å²) in [6.45, 7) is 4.07. The molecule has 0 N–H and O–H groups in total. The lowest BCUT2D eigenvalue weighted by Gasteiger charge is -2.40. The van der Waals surface area contributed by atoms with Gasteiger partial charge in [-0.15, -0.1) is 0 Å². The number of amides is 1. The number of methoxy groups -OCH3 is 1. The van der Waals surface area contributed by atoms with E-state index in [9.17, 15) is 4.79 Å². The highest BCUT2D eigenvalue weighted by Crippen LogP contribution is 2.20. The van der Waals surface area contributed by atoms with Crippen molar-refractivity contribution in [3.05, 3.63) is 53.7 Å². The lowest BCUT2D eigenvalue weighted by molar-refractivity contribution is 0.0673. The minimum Gasteiger partial charge on any atom is -0.497 e. The number of carbonyl (C=O) groups is 1. The molecule has 1 aliphatic heterocycles. The van der Waals surface area contributed by atoms with Crippen molar-refractivity contribution in [1.82, 2.24) is 9.88 Å². The molecule has 1 aromatic carbocycles. The summed E-state index contributed by atoms with van der Waals surface area (Å²) >= 11 is 0. The van der Waals surface area contributed by atoms with Crippen LogP contribution in [0.5, 0.6) is 5.75 Å². The molecule has 25 heavy (non-hydrogen) atoms. The second-order valence-corrected chi connectivity index (χ2v) is 6.04. The second-order valence-electron chi connectivity index (χ2n) is 6.04. The molecule has 0 saturated carbocycles. The van der Waals surface area contributed by atoms with Crippen LogP contribution in [0.15, 0.2) is 42.6 Å². The van der Waals surface area contributed by atoms with Gasteiger partial charge in [0.05, 0.1) is 12.7 Å². The monoisotopic (exact) mass is 336 g/mol. The molecule has 2 aromatic rings. The molecule has 0 aliphatic carbocycles. The summed E-state index contributed by atoms with van der Waals surface area (Å²) in [4.78, 5) is 21.2. The molecule has 0 radical (unpaired) electrons. The van der Waals surface area contributed by atoms with Crippen LogP contribution in [0.4, 0.5) is 5.82 Å². The van der Waals surface area contributed by atoms with E-state index in [1.165, 1.54) is 0 Å². The number of nitrogens with zero attached hydrogens (tertiary/aromatic N) is 4. The van der Waals surface area contributed by atoms with Gasteiger partial charge in [-0.3, -0.25) is 4.79 Å². The van der Waals surface area contributed by atoms with Gasteiger partial charge < -0.3 is 14.5 Å². The van der Waals surface area contributed by atoms with E-state index in [0.29, 0.717) is 36.5 Å². The first kappa shape index (κ1) is 16.8. The maximum atomic E-state index is 12.8. The molecule has 0 spiro atoms. The summed E-state index contributed by atoms with van der Waals surface area (Å²) in [7, 11) is 1.59. The smallest absolute Gasteiger partial charge is 0.254 e. The van der Waals surface area contributed by atoms with Crippen molar-refractivity contribution < 1.29 is 9.53 Å². The molecule has 1 fully saturated rings. The van der Waals surface area contributed by atoms with E-state index in [2.05, 4.69) is 16.0 Å². The second kappa shape index (κ2) is 7.22. The molecular weight excluding hydrogens is 316 g/mol. The Morgan fingerprint density at radius 1 is 1.32 bits per heavy atom. The fourth-order valence-electron chi connectivity index (χ4n) is 3.03. The van der Waals surface area contributed by atoms with Gasteiger partial charge in [-0.05, 0) is 37.3 Å². The number of ether oxygens (including phenoxy) is 1. The first-order valence-corrected chi connectivity index (χ1v) is 8.18. The maximum absolute atomic E-state index is 12.8. The quantitative estimate of drug-likeness (QED) is 0.860. The van der Waals surface area contributed by atoms with E-state index < -0.39 is 0 Å². The van der Waals surface area contributed by atoms with Crippen molar-refractivity contribution in [3.8, 4) is 11.8 Å². The number of pyridine rings is 1. The van der Waals surface area contributed by atoms with Crippen molar-refractivity contribution in [1.29, 1.82) is 5.26 Å². The molecule has 1 saturated heterocycles. The van der Waals surface area contributed by atoms with Gasteiger partial charge >= 0.3 is 0 Å². The summed E-state index contributed by atoms with van der Waals surface area (Å²) in [5.41, 5.74) is 1.18. The minimum absolute atomic E-state index is 0.0128. The van der Waals surface area contributed by atoms with Gasteiger partial charge in [0, 0.05) is 37.4 Å². The molecule has 1 amide bonds. The van der Waals surface area contributed by atoms with Crippen molar-refractivity contribution >= 4 is 11.7 Å². The van der Waals surface area contributed by atoms with Gasteiger partial charge in [-0.2, -0.15) is 5.26 Å². The van der Waals surface area contributed by atoms with E-state index in [1.54, 1.807) is 25.4 Å². The molecule has 3 rings (SSSR count). The Labute approximate surface area is 147 Å². The van der Waals surface area contributed by atoms with Crippen LogP contribution >= 0.6 is 0 Å². The van der Waals surface area contributed by atoms with E-state index in [4.69, 9.17) is 10.00 Å².